The Labute approximate surface area is 165 Å². The van der Waals surface area contributed by atoms with Crippen molar-refractivity contribution in [2.24, 2.45) is 0 Å². The highest BCUT2D eigenvalue weighted by atomic mass is 35.5. The molecule has 2 heterocycles. The lowest BCUT2D eigenvalue weighted by Gasteiger charge is -2.13. The van der Waals surface area contributed by atoms with E-state index < -0.39 is 12.1 Å². The third-order valence-corrected chi connectivity index (χ3v) is 5.60. The molecule has 0 aliphatic rings. The van der Waals surface area contributed by atoms with Crippen LogP contribution in [0.4, 0.5) is 0 Å². The lowest BCUT2D eigenvalue weighted by molar-refractivity contribution is -0.151. The summed E-state index contributed by atoms with van der Waals surface area (Å²) in [4.78, 5) is 33.2. The minimum atomic E-state index is -0.714. The summed E-state index contributed by atoms with van der Waals surface area (Å²) < 4.78 is 10.8. The van der Waals surface area contributed by atoms with Crippen LogP contribution >= 0.6 is 22.9 Å². The number of nitrogens with zero attached hydrogens (tertiary/aromatic N) is 1. The second-order valence-electron chi connectivity index (χ2n) is 6.27. The first-order valence-electron chi connectivity index (χ1n) is 8.34. The molecule has 0 saturated heterocycles. The van der Waals surface area contributed by atoms with E-state index in [1.54, 1.807) is 19.1 Å². The number of carbonyl (C=O) groups excluding carboxylic acids is 1. The van der Waals surface area contributed by atoms with E-state index in [4.69, 9.17) is 21.1 Å². The van der Waals surface area contributed by atoms with Crippen molar-refractivity contribution in [3.63, 3.8) is 0 Å². The van der Waals surface area contributed by atoms with Gasteiger partial charge in [-0.1, -0.05) is 17.7 Å². The summed E-state index contributed by atoms with van der Waals surface area (Å²) in [6.45, 7) is 7.09. The van der Waals surface area contributed by atoms with Gasteiger partial charge in [0, 0.05) is 4.88 Å². The number of halogens is 1. The molecule has 0 amide bonds. The lowest BCUT2D eigenvalue weighted by Crippen LogP contribution is -2.20. The molecule has 0 saturated carbocycles. The van der Waals surface area contributed by atoms with E-state index in [0.29, 0.717) is 26.8 Å². The largest absolute Gasteiger partial charge is 0.480 e. The fourth-order valence-electron chi connectivity index (χ4n) is 2.61. The Morgan fingerprint density at radius 1 is 1.33 bits per heavy atom. The van der Waals surface area contributed by atoms with Crippen LogP contribution in [0.3, 0.4) is 0 Å². The number of nitrogens with one attached hydrogen (secondary N) is 1. The van der Waals surface area contributed by atoms with E-state index in [2.05, 4.69) is 9.97 Å². The van der Waals surface area contributed by atoms with Crippen LogP contribution in [-0.2, 0) is 9.53 Å². The maximum atomic E-state index is 12.3. The number of benzene rings is 1. The summed E-state index contributed by atoms with van der Waals surface area (Å²) in [6.07, 6.45) is -0.714. The predicted octanol–water partition coefficient (Wildman–Crippen LogP) is 4.25. The van der Waals surface area contributed by atoms with E-state index in [-0.39, 0.29) is 12.2 Å². The molecule has 0 aliphatic carbocycles. The van der Waals surface area contributed by atoms with Crippen LogP contribution in [0.1, 0.15) is 34.9 Å². The van der Waals surface area contributed by atoms with Crippen molar-refractivity contribution in [3.8, 4) is 5.75 Å². The molecule has 0 aliphatic heterocycles. The Morgan fingerprint density at radius 2 is 2.07 bits per heavy atom. The number of ether oxygens (including phenoxy) is 2. The molecule has 0 spiro atoms. The van der Waals surface area contributed by atoms with Crippen molar-refractivity contribution < 1.29 is 14.3 Å². The van der Waals surface area contributed by atoms with E-state index in [1.807, 2.05) is 26.8 Å². The third-order valence-electron chi connectivity index (χ3n) is 4.18. The van der Waals surface area contributed by atoms with Crippen LogP contribution in [-0.4, -0.2) is 22.5 Å². The fraction of sp³-hybridized carbons (Fsp3) is 0.316. The van der Waals surface area contributed by atoms with E-state index in [9.17, 15) is 9.59 Å². The minimum Gasteiger partial charge on any atom is -0.480 e. The summed E-state index contributed by atoms with van der Waals surface area (Å²) >= 11 is 7.49. The van der Waals surface area contributed by atoms with E-state index in [1.165, 1.54) is 11.3 Å². The zero-order valence-corrected chi connectivity index (χ0v) is 17.0. The van der Waals surface area contributed by atoms with Gasteiger partial charge in [-0.25, -0.2) is 9.78 Å². The number of aromatic nitrogens is 2. The minimum absolute atomic E-state index is 0.234. The number of aromatic amines is 1. The highest BCUT2D eigenvalue weighted by Crippen LogP contribution is 2.27. The molecule has 1 aromatic carbocycles. The van der Waals surface area contributed by atoms with Crippen molar-refractivity contribution in [1.82, 2.24) is 9.97 Å². The molecule has 0 unspecified atom stereocenters. The molecule has 1 N–H and O–H groups in total. The van der Waals surface area contributed by atoms with Gasteiger partial charge in [0.05, 0.1) is 10.4 Å². The second kappa shape index (κ2) is 7.70. The molecule has 0 radical (unpaired) electrons. The van der Waals surface area contributed by atoms with Crippen molar-refractivity contribution in [2.45, 2.75) is 33.8 Å². The first-order chi connectivity index (χ1) is 12.8. The molecule has 1 atom stereocenters. The average Bonchev–Trinajstić information content (AvgIpc) is 2.90. The molecule has 3 aromatic rings. The SMILES string of the molecule is Cc1ccc(Cl)c(OCC(=O)O[C@H](C)c2nc3sc(C)c(C)c3c(=O)[nH]2)c1. The van der Waals surface area contributed by atoms with Gasteiger partial charge < -0.3 is 14.5 Å². The van der Waals surface area contributed by atoms with Crippen molar-refractivity contribution >= 4 is 39.1 Å². The number of rotatable bonds is 5. The standard InChI is InChI=1S/C19H19ClN2O4S/c1-9-5-6-13(20)14(7-9)25-8-15(23)26-11(3)17-21-18(24)16-10(2)12(4)27-19(16)22-17/h5-7,11H,8H2,1-4H3,(H,21,22,24)/t11-/m1/s1. The Bertz CT molecular complexity index is 1070. The Kier molecular flexibility index (Phi) is 5.53. The maximum Gasteiger partial charge on any atom is 0.344 e. The molecule has 8 heteroatoms. The van der Waals surface area contributed by atoms with E-state index >= 15 is 0 Å². The summed E-state index contributed by atoms with van der Waals surface area (Å²) in [6, 6.07) is 5.30. The van der Waals surface area contributed by atoms with Gasteiger partial charge in [0.25, 0.3) is 5.56 Å². The molecular weight excluding hydrogens is 388 g/mol. The molecule has 2 aromatic heterocycles. The zero-order chi connectivity index (χ0) is 19.7. The maximum absolute atomic E-state index is 12.3. The van der Waals surface area contributed by atoms with Crippen molar-refractivity contribution in [1.29, 1.82) is 0 Å². The molecular formula is C19H19ClN2O4S. The van der Waals surface area contributed by atoms with E-state index in [0.717, 1.165) is 16.0 Å². The zero-order valence-electron chi connectivity index (χ0n) is 15.4. The smallest absolute Gasteiger partial charge is 0.344 e. The van der Waals surface area contributed by atoms with Gasteiger partial charge in [-0.2, -0.15) is 0 Å². The Hall–Kier alpha value is -2.38. The quantitative estimate of drug-likeness (QED) is 0.640. The average molecular weight is 407 g/mol. The summed E-state index contributed by atoms with van der Waals surface area (Å²) in [5.41, 5.74) is 1.65. The number of aryl methyl sites for hydroxylation is 3. The van der Waals surface area contributed by atoms with Gasteiger partial charge in [0.1, 0.15) is 10.6 Å². The highest BCUT2D eigenvalue weighted by molar-refractivity contribution is 7.18. The second-order valence-corrected chi connectivity index (χ2v) is 7.88. The first-order valence-corrected chi connectivity index (χ1v) is 9.54. The molecule has 6 nitrogen and oxygen atoms in total. The summed E-state index contributed by atoms with van der Waals surface area (Å²) in [5.74, 6) is 0.135. The van der Waals surface area contributed by atoms with Crippen molar-refractivity contribution in [2.75, 3.05) is 6.61 Å². The number of carbonyl (C=O) groups is 1. The summed E-state index contributed by atoms with van der Waals surface area (Å²) in [7, 11) is 0. The van der Waals surface area contributed by atoms with Crippen molar-refractivity contribution in [3.05, 3.63) is 55.4 Å². The Balaban J connectivity index is 1.70. The highest BCUT2D eigenvalue weighted by Gasteiger charge is 2.18. The van der Waals surface area contributed by atoms with Gasteiger partial charge in [0.2, 0.25) is 0 Å². The number of H-pyrrole nitrogens is 1. The number of thiophene rings is 1. The van der Waals surface area contributed by atoms with Crippen LogP contribution in [0.2, 0.25) is 5.02 Å². The molecule has 142 valence electrons. The molecule has 0 bridgehead atoms. The molecule has 3 rings (SSSR count). The summed E-state index contributed by atoms with van der Waals surface area (Å²) in [5, 5.41) is 0.999. The Morgan fingerprint density at radius 3 is 2.81 bits per heavy atom. The molecule has 27 heavy (non-hydrogen) atoms. The fourth-order valence-corrected chi connectivity index (χ4v) is 3.82. The van der Waals surface area contributed by atoms with Crippen LogP contribution < -0.4 is 10.3 Å². The monoisotopic (exact) mass is 406 g/mol. The topological polar surface area (TPSA) is 81.3 Å². The number of hydrogen-bond acceptors (Lipinski definition) is 6. The third kappa shape index (κ3) is 4.14. The normalized spacial score (nSPS) is 12.2. The van der Waals surface area contributed by atoms with Gasteiger partial charge in [-0.15, -0.1) is 11.3 Å². The number of fused-ring (bicyclic) bond motifs is 1. The van der Waals surface area contributed by atoms with Crippen LogP contribution in [0.5, 0.6) is 5.75 Å². The molecule has 0 fully saturated rings. The predicted molar refractivity (Wildman–Crippen MR) is 106 cm³/mol. The first kappa shape index (κ1) is 19.4. The number of hydrogen-bond donors (Lipinski definition) is 1. The van der Waals surface area contributed by atoms with Crippen LogP contribution in [0, 0.1) is 20.8 Å². The van der Waals surface area contributed by atoms with Gasteiger partial charge in [-0.05, 0) is 51.0 Å². The number of esters is 1. The lowest BCUT2D eigenvalue weighted by atomic mass is 10.2. The van der Waals surface area contributed by atoms with Gasteiger partial charge in [-0.3, -0.25) is 4.79 Å². The van der Waals surface area contributed by atoms with Crippen LogP contribution in [0.15, 0.2) is 23.0 Å². The van der Waals surface area contributed by atoms with Gasteiger partial charge in [0.15, 0.2) is 18.5 Å². The van der Waals surface area contributed by atoms with Crippen LogP contribution in [0.25, 0.3) is 10.2 Å². The van der Waals surface area contributed by atoms with Gasteiger partial charge >= 0.3 is 5.97 Å².